The molecule has 1 aliphatic rings. The molecule has 1 heterocycles. The smallest absolute Gasteiger partial charge is 0.319 e. The van der Waals surface area contributed by atoms with Crippen LogP contribution < -0.4 is 5.32 Å². The molecular weight excluding hydrogens is 323 g/mol. The highest BCUT2D eigenvalue weighted by molar-refractivity contribution is 5.94. The van der Waals surface area contributed by atoms with Crippen LogP contribution in [0.1, 0.15) is 0 Å². The highest BCUT2D eigenvalue weighted by atomic mass is 19.4. The van der Waals surface area contributed by atoms with Gasteiger partial charge in [-0.3, -0.25) is 9.69 Å². The van der Waals surface area contributed by atoms with Gasteiger partial charge in [-0.05, 0) is 0 Å². The maximum absolute atomic E-state index is 12.8. The molecule has 0 aliphatic carbocycles. The number of hydrogen-bond donors (Lipinski definition) is 1. The summed E-state index contributed by atoms with van der Waals surface area (Å²) in [6.07, 6.45) is -17.8. The molecule has 1 aliphatic heterocycles. The van der Waals surface area contributed by atoms with Crippen molar-refractivity contribution in [2.75, 3.05) is 13.1 Å². The summed E-state index contributed by atoms with van der Waals surface area (Å²) in [4.78, 5) is 10.1. The molecule has 0 spiro atoms. The third-order valence-electron chi connectivity index (χ3n) is 2.66. The summed E-state index contributed by atoms with van der Waals surface area (Å²) in [5.74, 6) is -1.82. The molecule has 21 heavy (non-hydrogen) atoms. The summed E-state index contributed by atoms with van der Waals surface area (Å²) in [6, 6.07) is 0. The van der Waals surface area contributed by atoms with Crippen LogP contribution >= 0.6 is 0 Å². The van der Waals surface area contributed by atoms with Crippen LogP contribution in [0.25, 0.3) is 0 Å². The first-order chi connectivity index (χ1) is 9.12. The second kappa shape index (κ2) is 4.78. The molecule has 1 rings (SSSR count). The van der Waals surface area contributed by atoms with E-state index in [9.17, 15) is 44.3 Å². The van der Waals surface area contributed by atoms with E-state index in [1.807, 2.05) is 0 Å². The summed E-state index contributed by atoms with van der Waals surface area (Å²) in [5, 5.41) is 0.570. The van der Waals surface area contributed by atoms with Gasteiger partial charge < -0.3 is 5.32 Å². The van der Waals surface area contributed by atoms with Crippen LogP contribution in [0.3, 0.4) is 0 Å². The lowest BCUT2D eigenvalue weighted by Gasteiger charge is -2.48. The van der Waals surface area contributed by atoms with Gasteiger partial charge in [-0.25, -0.2) is 0 Å². The van der Waals surface area contributed by atoms with Gasteiger partial charge in [-0.1, -0.05) is 6.58 Å². The minimum atomic E-state index is -6.22. The molecule has 0 saturated carbocycles. The summed E-state index contributed by atoms with van der Waals surface area (Å²) in [6.45, 7) is -1.20. The van der Waals surface area contributed by atoms with Crippen molar-refractivity contribution in [1.82, 2.24) is 10.2 Å². The fourth-order valence-corrected chi connectivity index (χ4v) is 1.80. The maximum atomic E-state index is 12.8. The summed E-state index contributed by atoms with van der Waals surface area (Å²) in [5.41, 5.74) is -5.96. The van der Waals surface area contributed by atoms with Crippen molar-refractivity contribution in [3.05, 3.63) is 12.2 Å². The van der Waals surface area contributed by atoms with Gasteiger partial charge in [-0.2, -0.15) is 39.5 Å². The Kier molecular flexibility index (Phi) is 4.00. The standard InChI is InChI=1S/C9H7F9N2O/c1-4-2-20(3-6(10,11)12)7(8(13,14)15,9(16,17)18)19-5(4)21/h1-3H2,(H,19,21). The lowest BCUT2D eigenvalue weighted by molar-refractivity contribution is -0.358. The lowest BCUT2D eigenvalue weighted by atomic mass is 10.00. The third-order valence-corrected chi connectivity index (χ3v) is 2.66. The van der Waals surface area contributed by atoms with Crippen molar-refractivity contribution < 1.29 is 44.3 Å². The van der Waals surface area contributed by atoms with E-state index in [1.54, 1.807) is 0 Å². The number of rotatable bonds is 1. The van der Waals surface area contributed by atoms with E-state index in [4.69, 9.17) is 0 Å². The topological polar surface area (TPSA) is 32.3 Å². The number of nitrogens with zero attached hydrogens (tertiary/aromatic N) is 1. The molecule has 1 saturated heterocycles. The van der Waals surface area contributed by atoms with E-state index in [-0.39, 0.29) is 0 Å². The summed E-state index contributed by atoms with van der Waals surface area (Å²) < 4.78 is 114. The van der Waals surface area contributed by atoms with Gasteiger partial charge in [0.15, 0.2) is 0 Å². The monoisotopic (exact) mass is 330 g/mol. The molecule has 0 aromatic carbocycles. The molecule has 1 N–H and O–H groups in total. The van der Waals surface area contributed by atoms with E-state index in [0.717, 1.165) is 0 Å². The lowest BCUT2D eigenvalue weighted by Crippen LogP contribution is -2.79. The molecule has 0 aromatic rings. The highest BCUT2D eigenvalue weighted by Crippen LogP contribution is 2.47. The molecule has 1 amide bonds. The molecule has 0 radical (unpaired) electrons. The largest absolute Gasteiger partial charge is 0.434 e. The van der Waals surface area contributed by atoms with Crippen LogP contribution in [0.5, 0.6) is 0 Å². The third kappa shape index (κ3) is 3.09. The minimum absolute atomic E-state index is 0.570. The van der Waals surface area contributed by atoms with E-state index in [1.165, 1.54) is 0 Å². The molecule has 0 atom stereocenters. The van der Waals surface area contributed by atoms with Gasteiger partial charge in [0.25, 0.3) is 5.66 Å². The number of hydrogen-bond acceptors (Lipinski definition) is 2. The van der Waals surface area contributed by atoms with E-state index in [0.29, 0.717) is 5.32 Å². The number of carbonyl (C=O) groups excluding carboxylic acids is 1. The average molecular weight is 330 g/mol. The second-order valence-corrected chi connectivity index (χ2v) is 4.23. The van der Waals surface area contributed by atoms with Crippen LogP contribution in [-0.2, 0) is 4.79 Å². The molecule has 1 fully saturated rings. The van der Waals surface area contributed by atoms with Crippen LogP contribution in [0.2, 0.25) is 0 Å². The van der Waals surface area contributed by atoms with E-state index in [2.05, 4.69) is 6.58 Å². The Morgan fingerprint density at radius 2 is 1.48 bits per heavy atom. The quantitative estimate of drug-likeness (QED) is 0.591. The first-order valence-corrected chi connectivity index (χ1v) is 5.07. The highest BCUT2D eigenvalue weighted by Gasteiger charge is 2.76. The minimum Gasteiger partial charge on any atom is -0.319 e. The van der Waals surface area contributed by atoms with Gasteiger partial charge in [0.1, 0.15) is 0 Å². The predicted molar refractivity (Wildman–Crippen MR) is 49.8 cm³/mol. The molecule has 3 nitrogen and oxygen atoms in total. The van der Waals surface area contributed by atoms with E-state index < -0.39 is 53.7 Å². The Balaban J connectivity index is 3.45. The van der Waals surface area contributed by atoms with Gasteiger partial charge in [0.2, 0.25) is 5.91 Å². The summed E-state index contributed by atoms with van der Waals surface area (Å²) in [7, 11) is 0. The number of amides is 1. The molecule has 12 heteroatoms. The van der Waals surface area contributed by atoms with Crippen LogP contribution in [0, 0.1) is 0 Å². The molecule has 0 unspecified atom stereocenters. The average Bonchev–Trinajstić information content (AvgIpc) is 2.17. The van der Waals surface area contributed by atoms with Crippen molar-refractivity contribution in [3.8, 4) is 0 Å². The Bertz CT molecular complexity index is 434. The Labute approximate surface area is 111 Å². The Morgan fingerprint density at radius 3 is 1.81 bits per heavy atom. The Hall–Kier alpha value is -1.46. The molecule has 122 valence electrons. The Morgan fingerprint density at radius 1 is 1.05 bits per heavy atom. The zero-order chi connectivity index (χ0) is 16.9. The van der Waals surface area contributed by atoms with Gasteiger partial charge in [0, 0.05) is 12.1 Å². The zero-order valence-corrected chi connectivity index (χ0v) is 9.88. The molecular formula is C9H7F9N2O. The van der Waals surface area contributed by atoms with Gasteiger partial charge in [-0.15, -0.1) is 0 Å². The number of alkyl halides is 9. The van der Waals surface area contributed by atoms with Crippen molar-refractivity contribution in [3.63, 3.8) is 0 Å². The van der Waals surface area contributed by atoms with Gasteiger partial charge in [0.05, 0.1) is 6.54 Å². The number of halogens is 9. The second-order valence-electron chi connectivity index (χ2n) is 4.23. The number of nitrogens with one attached hydrogen (secondary N) is 1. The maximum Gasteiger partial charge on any atom is 0.434 e. The fourth-order valence-electron chi connectivity index (χ4n) is 1.80. The van der Waals surface area contributed by atoms with E-state index >= 15 is 0 Å². The first kappa shape index (κ1) is 17.6. The van der Waals surface area contributed by atoms with Crippen molar-refractivity contribution >= 4 is 5.91 Å². The predicted octanol–water partition coefficient (Wildman–Crippen LogP) is 2.36. The normalized spacial score (nSPS) is 21.4. The van der Waals surface area contributed by atoms with Crippen molar-refractivity contribution in [2.45, 2.75) is 24.2 Å². The number of carbonyl (C=O) groups is 1. The fraction of sp³-hybridized carbons (Fsp3) is 0.667. The zero-order valence-electron chi connectivity index (χ0n) is 9.88. The van der Waals surface area contributed by atoms with Crippen LogP contribution in [-0.4, -0.2) is 48.1 Å². The molecule has 0 aromatic heterocycles. The SMILES string of the molecule is C=C1CN(CC(F)(F)F)C(C(F)(F)F)(C(F)(F)F)NC1=O. The van der Waals surface area contributed by atoms with Crippen molar-refractivity contribution in [2.24, 2.45) is 0 Å². The van der Waals surface area contributed by atoms with Crippen LogP contribution in [0.4, 0.5) is 39.5 Å². The van der Waals surface area contributed by atoms with Crippen LogP contribution in [0.15, 0.2) is 12.2 Å². The first-order valence-electron chi connectivity index (χ1n) is 5.07. The van der Waals surface area contributed by atoms with Gasteiger partial charge >= 0.3 is 18.5 Å². The molecule has 0 bridgehead atoms. The summed E-state index contributed by atoms with van der Waals surface area (Å²) >= 11 is 0. The van der Waals surface area contributed by atoms with Crippen molar-refractivity contribution in [1.29, 1.82) is 0 Å².